The van der Waals surface area contributed by atoms with Crippen LogP contribution in [0.5, 0.6) is 0 Å². The summed E-state index contributed by atoms with van der Waals surface area (Å²) in [5, 5.41) is 0. The maximum Gasteiger partial charge on any atom is 0.113 e. The van der Waals surface area contributed by atoms with Crippen molar-refractivity contribution in [2.24, 2.45) is 0 Å². The van der Waals surface area contributed by atoms with Gasteiger partial charge in [0.25, 0.3) is 0 Å². The van der Waals surface area contributed by atoms with E-state index in [9.17, 15) is 0 Å². The zero-order chi connectivity index (χ0) is 6.10. The Balaban J connectivity index is 2.37. The molecule has 9 heavy (non-hydrogen) atoms. The number of allylic oxidation sites excluding steroid dienone is 3. The van der Waals surface area contributed by atoms with Gasteiger partial charge in [-0.3, -0.25) is 0 Å². The Morgan fingerprint density at radius 3 is 3.33 bits per heavy atom. The van der Waals surface area contributed by atoms with Gasteiger partial charge < -0.3 is 4.74 Å². The van der Waals surface area contributed by atoms with E-state index in [1.165, 1.54) is 11.1 Å². The minimum absolute atomic E-state index is 0.777. The van der Waals surface area contributed by atoms with Crippen molar-refractivity contribution in [3.8, 4) is 0 Å². The van der Waals surface area contributed by atoms with Gasteiger partial charge in [0.15, 0.2) is 0 Å². The molecule has 1 aliphatic carbocycles. The molecule has 0 aromatic carbocycles. The van der Waals surface area contributed by atoms with E-state index in [0.717, 1.165) is 13.0 Å². The van der Waals surface area contributed by atoms with Crippen LogP contribution in [-0.2, 0) is 4.74 Å². The minimum Gasteiger partial charge on any atom is -0.496 e. The third-order valence-corrected chi connectivity index (χ3v) is 1.62. The highest BCUT2D eigenvalue weighted by Crippen LogP contribution is 2.22. The zero-order valence-electron chi connectivity index (χ0n) is 5.13. The summed E-state index contributed by atoms with van der Waals surface area (Å²) >= 11 is 0. The summed E-state index contributed by atoms with van der Waals surface area (Å²) in [7, 11) is 0. The minimum atomic E-state index is 0.777. The van der Waals surface area contributed by atoms with Crippen molar-refractivity contribution in [1.82, 2.24) is 0 Å². The average molecular weight is 120 g/mol. The molecule has 0 radical (unpaired) electrons. The maximum absolute atomic E-state index is 5.11. The van der Waals surface area contributed by atoms with Crippen LogP contribution in [0.4, 0.5) is 0 Å². The molecule has 0 bridgehead atoms. The SMILES string of the molecule is C1=CC2=COCC2=CC1. The summed E-state index contributed by atoms with van der Waals surface area (Å²) in [6, 6.07) is 0. The molecule has 0 aromatic rings. The Hall–Kier alpha value is -0.980. The van der Waals surface area contributed by atoms with Crippen LogP contribution >= 0.6 is 0 Å². The van der Waals surface area contributed by atoms with E-state index in [1.54, 1.807) is 0 Å². The Morgan fingerprint density at radius 2 is 2.44 bits per heavy atom. The van der Waals surface area contributed by atoms with Gasteiger partial charge in [-0.25, -0.2) is 0 Å². The maximum atomic E-state index is 5.11. The van der Waals surface area contributed by atoms with Crippen molar-refractivity contribution in [2.75, 3.05) is 6.61 Å². The first-order valence-electron chi connectivity index (χ1n) is 3.14. The summed E-state index contributed by atoms with van der Waals surface area (Å²) in [4.78, 5) is 0. The highest BCUT2D eigenvalue weighted by Gasteiger charge is 2.10. The second-order valence-corrected chi connectivity index (χ2v) is 2.25. The lowest BCUT2D eigenvalue weighted by Gasteiger charge is -2.00. The van der Waals surface area contributed by atoms with Crippen molar-refractivity contribution in [3.05, 3.63) is 35.6 Å². The van der Waals surface area contributed by atoms with Gasteiger partial charge in [0.2, 0.25) is 0 Å². The molecule has 0 N–H and O–H groups in total. The van der Waals surface area contributed by atoms with Crippen LogP contribution in [0.1, 0.15) is 6.42 Å². The Kier molecular flexibility index (Phi) is 0.950. The predicted molar refractivity (Wildman–Crippen MR) is 35.9 cm³/mol. The van der Waals surface area contributed by atoms with Gasteiger partial charge in [-0.15, -0.1) is 0 Å². The smallest absolute Gasteiger partial charge is 0.113 e. The fourth-order valence-corrected chi connectivity index (χ4v) is 1.11. The van der Waals surface area contributed by atoms with Gasteiger partial charge in [-0.05, 0) is 12.0 Å². The molecule has 1 nitrogen and oxygen atoms in total. The Morgan fingerprint density at radius 1 is 1.44 bits per heavy atom. The fraction of sp³-hybridized carbons (Fsp3) is 0.250. The van der Waals surface area contributed by atoms with E-state index >= 15 is 0 Å². The number of hydrogen-bond donors (Lipinski definition) is 0. The van der Waals surface area contributed by atoms with E-state index < -0.39 is 0 Å². The summed E-state index contributed by atoms with van der Waals surface area (Å²) < 4.78 is 5.11. The molecule has 2 rings (SSSR count). The molecule has 0 atom stereocenters. The lowest BCUT2D eigenvalue weighted by atomic mass is 10.0. The molecule has 46 valence electrons. The second kappa shape index (κ2) is 1.76. The molecule has 0 amide bonds. The molecule has 0 fully saturated rings. The monoisotopic (exact) mass is 120 g/mol. The lowest BCUT2D eigenvalue weighted by molar-refractivity contribution is 0.301. The number of fused-ring (bicyclic) bond motifs is 1. The van der Waals surface area contributed by atoms with E-state index in [4.69, 9.17) is 4.74 Å². The predicted octanol–water partition coefficient (Wildman–Crippen LogP) is 1.79. The summed E-state index contributed by atoms with van der Waals surface area (Å²) in [6.45, 7) is 0.777. The number of rotatable bonds is 0. The molecular formula is C8H8O. The highest BCUT2D eigenvalue weighted by molar-refractivity contribution is 5.44. The third-order valence-electron chi connectivity index (χ3n) is 1.62. The van der Waals surface area contributed by atoms with Crippen LogP contribution in [0, 0.1) is 0 Å². The van der Waals surface area contributed by atoms with E-state index in [1.807, 2.05) is 6.26 Å². The van der Waals surface area contributed by atoms with Crippen molar-refractivity contribution >= 4 is 0 Å². The molecule has 2 aliphatic rings. The molecule has 0 saturated heterocycles. The second-order valence-electron chi connectivity index (χ2n) is 2.25. The largest absolute Gasteiger partial charge is 0.496 e. The van der Waals surface area contributed by atoms with Crippen LogP contribution in [0.25, 0.3) is 0 Å². The van der Waals surface area contributed by atoms with E-state index in [2.05, 4.69) is 18.2 Å². The fourth-order valence-electron chi connectivity index (χ4n) is 1.11. The molecule has 0 unspecified atom stereocenters. The van der Waals surface area contributed by atoms with Crippen molar-refractivity contribution in [1.29, 1.82) is 0 Å². The Bertz CT molecular complexity index is 209. The summed E-state index contributed by atoms with van der Waals surface area (Å²) in [5.74, 6) is 0. The zero-order valence-corrected chi connectivity index (χ0v) is 5.13. The summed E-state index contributed by atoms with van der Waals surface area (Å²) in [5.41, 5.74) is 2.60. The molecule has 1 aliphatic heterocycles. The van der Waals surface area contributed by atoms with E-state index in [0.29, 0.717) is 0 Å². The molecule has 0 saturated carbocycles. The van der Waals surface area contributed by atoms with Crippen molar-refractivity contribution in [3.63, 3.8) is 0 Å². The summed E-state index contributed by atoms with van der Waals surface area (Å²) in [6.07, 6.45) is 9.35. The normalized spacial score (nSPS) is 22.2. The lowest BCUT2D eigenvalue weighted by Crippen LogP contribution is -1.88. The van der Waals surface area contributed by atoms with E-state index in [-0.39, 0.29) is 0 Å². The van der Waals surface area contributed by atoms with Gasteiger partial charge in [0.05, 0.1) is 6.26 Å². The quantitative estimate of drug-likeness (QED) is 0.473. The molecule has 0 aromatic heterocycles. The van der Waals surface area contributed by atoms with Gasteiger partial charge in [0, 0.05) is 5.57 Å². The van der Waals surface area contributed by atoms with Crippen molar-refractivity contribution < 1.29 is 4.74 Å². The topological polar surface area (TPSA) is 9.23 Å². The third kappa shape index (κ3) is 0.689. The van der Waals surface area contributed by atoms with Crippen LogP contribution in [-0.4, -0.2) is 6.61 Å². The molecular weight excluding hydrogens is 112 g/mol. The Labute approximate surface area is 54.3 Å². The van der Waals surface area contributed by atoms with Crippen LogP contribution < -0.4 is 0 Å². The van der Waals surface area contributed by atoms with Crippen molar-refractivity contribution in [2.45, 2.75) is 6.42 Å². The van der Waals surface area contributed by atoms with Crippen LogP contribution in [0.3, 0.4) is 0 Å². The molecule has 0 spiro atoms. The standard InChI is InChI=1S/C8H8O/c1-2-4-8-6-9-5-7(8)3-1/h1,3-5H,2,6H2. The average Bonchev–Trinajstić information content (AvgIpc) is 2.33. The first-order chi connectivity index (χ1) is 4.47. The van der Waals surface area contributed by atoms with Gasteiger partial charge >= 0.3 is 0 Å². The highest BCUT2D eigenvalue weighted by atomic mass is 16.5. The molecule has 1 heteroatoms. The van der Waals surface area contributed by atoms with Gasteiger partial charge in [0.1, 0.15) is 6.61 Å². The van der Waals surface area contributed by atoms with Gasteiger partial charge in [-0.1, -0.05) is 18.2 Å². The van der Waals surface area contributed by atoms with Crippen LogP contribution in [0.15, 0.2) is 35.6 Å². The molecule has 1 heterocycles. The van der Waals surface area contributed by atoms with Crippen LogP contribution in [0.2, 0.25) is 0 Å². The first-order valence-corrected chi connectivity index (χ1v) is 3.14. The first kappa shape index (κ1) is 4.86. The number of hydrogen-bond acceptors (Lipinski definition) is 1. The number of ether oxygens (including phenoxy) is 1. The van der Waals surface area contributed by atoms with Gasteiger partial charge in [-0.2, -0.15) is 0 Å².